The van der Waals surface area contributed by atoms with E-state index in [9.17, 15) is 0 Å². The van der Waals surface area contributed by atoms with Crippen LogP contribution in [0.4, 0.5) is 17.1 Å². The van der Waals surface area contributed by atoms with Crippen LogP contribution in [0.25, 0.3) is 0 Å². The molecule has 0 saturated heterocycles. The van der Waals surface area contributed by atoms with Crippen LogP contribution in [0.1, 0.15) is 5.56 Å². The number of nitrogen functional groups attached to an aromatic ring is 1. The summed E-state index contributed by atoms with van der Waals surface area (Å²) in [5.74, 6) is 0. The van der Waals surface area contributed by atoms with E-state index < -0.39 is 0 Å². The topological polar surface area (TPSA) is 61.8 Å². The van der Waals surface area contributed by atoms with Gasteiger partial charge in [0.1, 0.15) is 0 Å². The molecule has 84 valence electrons. The van der Waals surface area contributed by atoms with E-state index in [1.54, 1.807) is 18.2 Å². The number of halogens is 1. The molecule has 3 nitrogen and oxygen atoms in total. The average molecular weight is 288 g/mol. The van der Waals surface area contributed by atoms with E-state index in [0.29, 0.717) is 11.3 Å². The van der Waals surface area contributed by atoms with Crippen molar-refractivity contribution in [3.63, 3.8) is 0 Å². The van der Waals surface area contributed by atoms with Crippen molar-refractivity contribution in [1.82, 2.24) is 0 Å². The van der Waals surface area contributed by atoms with Crippen LogP contribution >= 0.6 is 15.9 Å². The summed E-state index contributed by atoms with van der Waals surface area (Å²) in [6, 6.07) is 15.0. The lowest BCUT2D eigenvalue weighted by Gasteiger charge is -2.10. The molecule has 0 unspecified atom stereocenters. The largest absolute Gasteiger partial charge is 0.397 e. The first-order valence-corrected chi connectivity index (χ1v) is 5.81. The van der Waals surface area contributed by atoms with E-state index in [2.05, 4.69) is 27.3 Å². The number of hydrogen-bond donors (Lipinski definition) is 2. The molecule has 2 rings (SSSR count). The highest BCUT2D eigenvalue weighted by atomic mass is 79.9. The molecular weight excluding hydrogens is 278 g/mol. The van der Waals surface area contributed by atoms with Crippen LogP contribution in [0.3, 0.4) is 0 Å². The molecule has 0 aromatic heterocycles. The molecule has 0 amide bonds. The summed E-state index contributed by atoms with van der Waals surface area (Å²) in [6.07, 6.45) is 0. The number of benzene rings is 2. The van der Waals surface area contributed by atoms with Gasteiger partial charge in [0.25, 0.3) is 0 Å². The predicted molar refractivity (Wildman–Crippen MR) is 73.0 cm³/mol. The summed E-state index contributed by atoms with van der Waals surface area (Å²) in [5.41, 5.74) is 8.70. The van der Waals surface area contributed by atoms with Crippen LogP contribution in [-0.4, -0.2) is 0 Å². The summed E-state index contributed by atoms with van der Waals surface area (Å²) in [7, 11) is 0. The summed E-state index contributed by atoms with van der Waals surface area (Å²) in [6.45, 7) is 0. The predicted octanol–water partition coefficient (Wildman–Crippen LogP) is 3.65. The van der Waals surface area contributed by atoms with Gasteiger partial charge < -0.3 is 11.1 Å². The van der Waals surface area contributed by atoms with E-state index in [0.717, 1.165) is 15.8 Å². The molecule has 2 aromatic carbocycles. The number of nitriles is 1. The fraction of sp³-hybridized carbons (Fsp3) is 0. The highest BCUT2D eigenvalue weighted by Crippen LogP contribution is 2.28. The summed E-state index contributed by atoms with van der Waals surface area (Å²) < 4.78 is 0.962. The van der Waals surface area contributed by atoms with Gasteiger partial charge in [0.2, 0.25) is 0 Å². The zero-order chi connectivity index (χ0) is 12.3. The van der Waals surface area contributed by atoms with Crippen LogP contribution in [0.15, 0.2) is 46.9 Å². The lowest BCUT2D eigenvalue weighted by atomic mass is 10.2. The zero-order valence-corrected chi connectivity index (χ0v) is 10.5. The van der Waals surface area contributed by atoms with Crippen LogP contribution in [0.2, 0.25) is 0 Å². The molecule has 0 bridgehead atoms. The van der Waals surface area contributed by atoms with Crippen LogP contribution in [0, 0.1) is 11.3 Å². The van der Waals surface area contributed by atoms with Crippen LogP contribution in [0.5, 0.6) is 0 Å². The molecule has 4 heteroatoms. The molecule has 0 aliphatic carbocycles. The highest BCUT2D eigenvalue weighted by Gasteiger charge is 2.03. The standard InChI is InChI=1S/C13H10BrN3/c14-10-3-1-2-4-12(10)17-13-6-5-9(8-15)7-11(13)16/h1-7,17H,16H2. The lowest BCUT2D eigenvalue weighted by molar-refractivity contribution is 1.47. The second-order valence-corrected chi connectivity index (χ2v) is 4.37. The Morgan fingerprint density at radius 2 is 1.88 bits per heavy atom. The van der Waals surface area contributed by atoms with Gasteiger partial charge in [0.05, 0.1) is 28.7 Å². The maximum atomic E-state index is 8.75. The van der Waals surface area contributed by atoms with E-state index in [4.69, 9.17) is 11.0 Å². The summed E-state index contributed by atoms with van der Waals surface area (Å²) in [4.78, 5) is 0. The Labute approximate surface area is 108 Å². The third kappa shape index (κ3) is 2.58. The zero-order valence-electron chi connectivity index (χ0n) is 8.94. The minimum atomic E-state index is 0.555. The van der Waals surface area contributed by atoms with Crippen LogP contribution < -0.4 is 11.1 Å². The van der Waals surface area contributed by atoms with Gasteiger partial charge in [-0.1, -0.05) is 12.1 Å². The molecule has 3 N–H and O–H groups in total. The molecule has 0 heterocycles. The SMILES string of the molecule is N#Cc1ccc(Nc2ccccc2Br)c(N)c1. The molecule has 0 fully saturated rings. The lowest BCUT2D eigenvalue weighted by Crippen LogP contribution is -1.97. The number of nitrogens with two attached hydrogens (primary N) is 1. The van der Waals surface area contributed by atoms with E-state index in [1.807, 2.05) is 24.3 Å². The third-order valence-corrected chi connectivity index (χ3v) is 3.02. The molecule has 0 spiro atoms. The monoisotopic (exact) mass is 287 g/mol. The number of para-hydroxylation sites is 1. The molecule has 0 aliphatic heterocycles. The van der Waals surface area contributed by atoms with Gasteiger partial charge in [-0.15, -0.1) is 0 Å². The maximum Gasteiger partial charge on any atom is 0.0992 e. The fourth-order valence-corrected chi connectivity index (χ4v) is 1.84. The summed E-state index contributed by atoms with van der Waals surface area (Å²) in [5, 5.41) is 12.0. The molecule has 0 radical (unpaired) electrons. The van der Waals surface area contributed by atoms with Gasteiger partial charge in [-0.25, -0.2) is 0 Å². The van der Waals surface area contributed by atoms with E-state index in [-0.39, 0.29) is 0 Å². The Hall–Kier alpha value is -1.99. The van der Waals surface area contributed by atoms with Gasteiger partial charge in [-0.2, -0.15) is 5.26 Å². The molecule has 0 atom stereocenters. The minimum Gasteiger partial charge on any atom is -0.397 e. The fourth-order valence-electron chi connectivity index (χ4n) is 1.45. The Balaban J connectivity index is 2.32. The van der Waals surface area contributed by atoms with Crippen molar-refractivity contribution < 1.29 is 0 Å². The molecule has 17 heavy (non-hydrogen) atoms. The molecular formula is C13H10BrN3. The second-order valence-electron chi connectivity index (χ2n) is 3.52. The van der Waals surface area contributed by atoms with Gasteiger partial charge in [0.15, 0.2) is 0 Å². The number of nitrogens with one attached hydrogen (secondary N) is 1. The maximum absolute atomic E-state index is 8.75. The first-order chi connectivity index (χ1) is 8.20. The van der Waals surface area contributed by atoms with Crippen molar-refractivity contribution in [1.29, 1.82) is 5.26 Å². The Kier molecular flexibility index (Phi) is 3.31. The first-order valence-electron chi connectivity index (χ1n) is 5.02. The Morgan fingerprint density at radius 3 is 2.53 bits per heavy atom. The molecule has 2 aromatic rings. The smallest absolute Gasteiger partial charge is 0.0992 e. The normalized spacial score (nSPS) is 9.65. The van der Waals surface area contributed by atoms with Crippen molar-refractivity contribution in [3.8, 4) is 6.07 Å². The minimum absolute atomic E-state index is 0.555. The Morgan fingerprint density at radius 1 is 1.12 bits per heavy atom. The van der Waals surface area contributed by atoms with Gasteiger partial charge >= 0.3 is 0 Å². The van der Waals surface area contributed by atoms with Crippen molar-refractivity contribution >= 4 is 33.0 Å². The highest BCUT2D eigenvalue weighted by molar-refractivity contribution is 9.10. The van der Waals surface area contributed by atoms with Crippen molar-refractivity contribution in [2.24, 2.45) is 0 Å². The quantitative estimate of drug-likeness (QED) is 0.829. The first kappa shape index (κ1) is 11.5. The van der Waals surface area contributed by atoms with Gasteiger partial charge in [-0.05, 0) is 46.3 Å². The number of hydrogen-bond acceptors (Lipinski definition) is 3. The van der Waals surface area contributed by atoms with Gasteiger partial charge in [0, 0.05) is 4.47 Å². The Bertz CT molecular complexity index is 587. The third-order valence-electron chi connectivity index (χ3n) is 2.32. The van der Waals surface area contributed by atoms with Gasteiger partial charge in [-0.3, -0.25) is 0 Å². The van der Waals surface area contributed by atoms with Crippen molar-refractivity contribution in [3.05, 3.63) is 52.5 Å². The number of anilines is 3. The molecule has 0 saturated carbocycles. The summed E-state index contributed by atoms with van der Waals surface area (Å²) >= 11 is 3.45. The second kappa shape index (κ2) is 4.89. The van der Waals surface area contributed by atoms with Crippen LogP contribution in [-0.2, 0) is 0 Å². The number of rotatable bonds is 2. The van der Waals surface area contributed by atoms with E-state index >= 15 is 0 Å². The molecule has 0 aliphatic rings. The van der Waals surface area contributed by atoms with Crippen molar-refractivity contribution in [2.45, 2.75) is 0 Å². The van der Waals surface area contributed by atoms with Crippen molar-refractivity contribution in [2.75, 3.05) is 11.1 Å². The average Bonchev–Trinajstić information content (AvgIpc) is 2.34. The number of nitrogens with zero attached hydrogens (tertiary/aromatic N) is 1. The van der Waals surface area contributed by atoms with E-state index in [1.165, 1.54) is 0 Å².